The van der Waals surface area contributed by atoms with Crippen molar-refractivity contribution in [2.24, 2.45) is 5.73 Å². The molecule has 0 saturated heterocycles. The monoisotopic (exact) mass is 338 g/mol. The minimum atomic E-state index is -0.0181. The highest BCUT2D eigenvalue weighted by molar-refractivity contribution is 7.12. The second-order valence-electron chi connectivity index (χ2n) is 5.08. The van der Waals surface area contributed by atoms with Crippen LogP contribution in [0.4, 0.5) is 0 Å². The highest BCUT2D eigenvalue weighted by Crippen LogP contribution is 2.28. The molecule has 1 unspecified atom stereocenters. The summed E-state index contributed by atoms with van der Waals surface area (Å²) in [6.07, 6.45) is 3.13. The van der Waals surface area contributed by atoms with Crippen molar-refractivity contribution in [2.45, 2.75) is 32.2 Å². The number of unbranched alkanes of at least 4 members (excludes halogenated alkanes) is 1. The Kier molecular flexibility index (Phi) is 8.17. The summed E-state index contributed by atoms with van der Waals surface area (Å²) in [5, 5.41) is 5.02. The Morgan fingerprint density at radius 3 is 2.64 bits per heavy atom. The van der Waals surface area contributed by atoms with E-state index in [1.165, 1.54) is 11.3 Å². The van der Waals surface area contributed by atoms with Gasteiger partial charge in [-0.05, 0) is 23.4 Å². The molecule has 1 heterocycles. The first-order valence-electron chi connectivity index (χ1n) is 7.40. The largest absolute Gasteiger partial charge is 0.347 e. The molecule has 1 aromatic carbocycles. The number of amides is 1. The minimum absolute atomic E-state index is 0. The average Bonchev–Trinajstić information content (AvgIpc) is 3.01. The molecule has 0 spiro atoms. The normalized spacial score (nSPS) is 11.5. The molecule has 0 bridgehead atoms. The fourth-order valence-electron chi connectivity index (χ4n) is 2.28. The number of halogens is 1. The van der Waals surface area contributed by atoms with Gasteiger partial charge in [0.05, 0.1) is 4.88 Å². The maximum Gasteiger partial charge on any atom is 0.262 e. The van der Waals surface area contributed by atoms with Crippen molar-refractivity contribution in [1.82, 2.24) is 5.32 Å². The van der Waals surface area contributed by atoms with Crippen molar-refractivity contribution in [3.8, 4) is 11.1 Å². The number of benzene rings is 1. The smallest absolute Gasteiger partial charge is 0.262 e. The molecule has 3 nitrogen and oxygen atoms in total. The zero-order valence-electron chi connectivity index (χ0n) is 12.7. The van der Waals surface area contributed by atoms with Crippen molar-refractivity contribution in [2.75, 3.05) is 6.54 Å². The van der Waals surface area contributed by atoms with Gasteiger partial charge in [0.25, 0.3) is 5.91 Å². The van der Waals surface area contributed by atoms with Gasteiger partial charge in [-0.25, -0.2) is 0 Å². The van der Waals surface area contributed by atoms with E-state index in [0.29, 0.717) is 6.54 Å². The van der Waals surface area contributed by atoms with Crippen LogP contribution in [0.1, 0.15) is 35.9 Å². The minimum Gasteiger partial charge on any atom is -0.347 e. The molecule has 0 fully saturated rings. The predicted molar refractivity (Wildman–Crippen MR) is 96.8 cm³/mol. The molecule has 2 rings (SSSR count). The number of nitrogens with two attached hydrogens (primary N) is 1. The first-order valence-corrected chi connectivity index (χ1v) is 8.28. The van der Waals surface area contributed by atoms with Gasteiger partial charge in [0.1, 0.15) is 0 Å². The van der Waals surface area contributed by atoms with Crippen LogP contribution in [0.5, 0.6) is 0 Å². The van der Waals surface area contributed by atoms with Crippen molar-refractivity contribution >= 4 is 29.7 Å². The van der Waals surface area contributed by atoms with E-state index in [2.05, 4.69) is 12.2 Å². The van der Waals surface area contributed by atoms with Gasteiger partial charge in [-0.1, -0.05) is 50.1 Å². The molecule has 120 valence electrons. The summed E-state index contributed by atoms with van der Waals surface area (Å²) < 4.78 is 0. The maximum atomic E-state index is 12.5. The van der Waals surface area contributed by atoms with E-state index in [0.717, 1.165) is 35.3 Å². The van der Waals surface area contributed by atoms with Crippen LogP contribution in [0, 0.1) is 0 Å². The second kappa shape index (κ2) is 9.62. The molecule has 1 amide bonds. The number of hydrogen-bond donors (Lipinski definition) is 2. The van der Waals surface area contributed by atoms with Gasteiger partial charge in [0.2, 0.25) is 0 Å². The third-order valence-electron chi connectivity index (χ3n) is 3.48. The summed E-state index contributed by atoms with van der Waals surface area (Å²) in [7, 11) is 0. The summed E-state index contributed by atoms with van der Waals surface area (Å²) in [4.78, 5) is 13.2. The van der Waals surface area contributed by atoms with Crippen LogP contribution >= 0.6 is 23.7 Å². The molecule has 0 radical (unpaired) electrons. The van der Waals surface area contributed by atoms with Crippen molar-refractivity contribution in [3.63, 3.8) is 0 Å². The maximum absolute atomic E-state index is 12.5. The topological polar surface area (TPSA) is 55.1 Å². The molecule has 5 heteroatoms. The van der Waals surface area contributed by atoms with E-state index in [1.54, 1.807) is 0 Å². The van der Waals surface area contributed by atoms with Crippen LogP contribution < -0.4 is 11.1 Å². The first kappa shape index (κ1) is 18.7. The van der Waals surface area contributed by atoms with Gasteiger partial charge in [-0.3, -0.25) is 4.79 Å². The van der Waals surface area contributed by atoms with Crippen LogP contribution in [-0.4, -0.2) is 18.5 Å². The number of carbonyl (C=O) groups excluding carboxylic acids is 1. The summed E-state index contributed by atoms with van der Waals surface area (Å²) in [6, 6.07) is 12.1. The molecular formula is C17H23ClN2OS. The Morgan fingerprint density at radius 1 is 1.27 bits per heavy atom. The van der Waals surface area contributed by atoms with E-state index in [9.17, 15) is 4.79 Å². The molecule has 2 aromatic rings. The SMILES string of the molecule is CCCCC(CN)NC(=O)c1sccc1-c1ccccc1.Cl. The van der Waals surface area contributed by atoms with Crippen LogP contribution in [0.3, 0.4) is 0 Å². The van der Waals surface area contributed by atoms with E-state index in [4.69, 9.17) is 5.73 Å². The number of nitrogens with one attached hydrogen (secondary N) is 1. The molecule has 1 aromatic heterocycles. The molecule has 0 aliphatic heterocycles. The highest BCUT2D eigenvalue weighted by atomic mass is 35.5. The van der Waals surface area contributed by atoms with Crippen LogP contribution in [-0.2, 0) is 0 Å². The molecular weight excluding hydrogens is 316 g/mol. The lowest BCUT2D eigenvalue weighted by atomic mass is 10.1. The van der Waals surface area contributed by atoms with Crippen molar-refractivity contribution in [3.05, 3.63) is 46.7 Å². The zero-order valence-corrected chi connectivity index (χ0v) is 14.4. The third kappa shape index (κ3) is 4.83. The Morgan fingerprint density at radius 2 is 2.00 bits per heavy atom. The Bertz CT molecular complexity index is 571. The number of hydrogen-bond acceptors (Lipinski definition) is 3. The van der Waals surface area contributed by atoms with Gasteiger partial charge in [-0.2, -0.15) is 0 Å². The molecule has 3 N–H and O–H groups in total. The van der Waals surface area contributed by atoms with E-state index in [1.807, 2.05) is 41.8 Å². The average molecular weight is 339 g/mol. The standard InChI is InChI=1S/C17H22N2OS.ClH/c1-2-3-9-14(12-18)19-17(20)16-15(10-11-21-16)13-7-5-4-6-8-13;/h4-8,10-11,14H,2-3,9,12,18H2,1H3,(H,19,20);1H. The van der Waals surface area contributed by atoms with Crippen molar-refractivity contribution in [1.29, 1.82) is 0 Å². The van der Waals surface area contributed by atoms with Gasteiger partial charge in [-0.15, -0.1) is 23.7 Å². The fraction of sp³-hybridized carbons (Fsp3) is 0.353. The number of thiophene rings is 1. The third-order valence-corrected chi connectivity index (χ3v) is 4.40. The number of carbonyl (C=O) groups is 1. The lowest BCUT2D eigenvalue weighted by molar-refractivity contribution is 0.0940. The Balaban J connectivity index is 0.00000242. The van der Waals surface area contributed by atoms with Crippen LogP contribution in [0.2, 0.25) is 0 Å². The molecule has 0 aliphatic rings. The quantitative estimate of drug-likeness (QED) is 0.799. The van der Waals surface area contributed by atoms with Gasteiger partial charge in [0.15, 0.2) is 0 Å². The van der Waals surface area contributed by atoms with E-state index < -0.39 is 0 Å². The fourth-order valence-corrected chi connectivity index (χ4v) is 3.10. The Hall–Kier alpha value is -1.36. The van der Waals surface area contributed by atoms with Gasteiger partial charge >= 0.3 is 0 Å². The van der Waals surface area contributed by atoms with Crippen LogP contribution in [0.15, 0.2) is 41.8 Å². The van der Waals surface area contributed by atoms with E-state index >= 15 is 0 Å². The summed E-state index contributed by atoms with van der Waals surface area (Å²) in [5.41, 5.74) is 7.81. The van der Waals surface area contributed by atoms with Crippen molar-refractivity contribution < 1.29 is 4.79 Å². The molecule has 0 saturated carbocycles. The zero-order chi connectivity index (χ0) is 15.1. The molecule has 0 aliphatic carbocycles. The van der Waals surface area contributed by atoms with Gasteiger partial charge in [0, 0.05) is 18.2 Å². The molecule has 1 atom stereocenters. The van der Waals surface area contributed by atoms with E-state index in [-0.39, 0.29) is 24.4 Å². The van der Waals surface area contributed by atoms with Crippen LogP contribution in [0.25, 0.3) is 11.1 Å². The first-order chi connectivity index (χ1) is 10.3. The number of rotatable bonds is 7. The predicted octanol–water partition coefficient (Wildman–Crippen LogP) is 4.08. The second-order valence-corrected chi connectivity index (χ2v) is 5.99. The summed E-state index contributed by atoms with van der Waals surface area (Å²) >= 11 is 1.48. The lowest BCUT2D eigenvalue weighted by Gasteiger charge is -2.16. The highest BCUT2D eigenvalue weighted by Gasteiger charge is 2.17. The van der Waals surface area contributed by atoms with Gasteiger partial charge < -0.3 is 11.1 Å². The lowest BCUT2D eigenvalue weighted by Crippen LogP contribution is -2.40. The Labute approximate surface area is 142 Å². The summed E-state index contributed by atoms with van der Waals surface area (Å²) in [6.45, 7) is 2.62. The summed E-state index contributed by atoms with van der Waals surface area (Å²) in [5.74, 6) is -0.0181. The molecule has 22 heavy (non-hydrogen) atoms.